The van der Waals surface area contributed by atoms with Crippen LogP contribution in [0.2, 0.25) is 0 Å². The van der Waals surface area contributed by atoms with Gasteiger partial charge < -0.3 is 15.4 Å². The molecule has 3 N–H and O–H groups in total. The maximum Gasteiger partial charge on any atom is 0.253 e. The summed E-state index contributed by atoms with van der Waals surface area (Å²) in [7, 11) is 0. The maximum absolute atomic E-state index is 11.9. The molecule has 4 nitrogen and oxygen atoms in total. The minimum absolute atomic E-state index is 0.0114. The SMILES string of the molecule is O=c1[nH]c2cc(CO)ccc2c2c1CCCN2. The lowest BCUT2D eigenvalue weighted by molar-refractivity contribution is 0.282. The summed E-state index contributed by atoms with van der Waals surface area (Å²) in [5, 5.41) is 13.4. The van der Waals surface area contributed by atoms with Gasteiger partial charge in [0.25, 0.3) is 5.56 Å². The predicted octanol–water partition coefficient (Wildman–Crippen LogP) is 1.38. The van der Waals surface area contributed by atoms with Gasteiger partial charge in [-0.15, -0.1) is 0 Å². The lowest BCUT2D eigenvalue weighted by atomic mass is 10.0. The third kappa shape index (κ3) is 1.61. The molecule has 17 heavy (non-hydrogen) atoms. The Morgan fingerprint density at radius 2 is 2.24 bits per heavy atom. The van der Waals surface area contributed by atoms with Crippen LogP contribution in [0.4, 0.5) is 5.69 Å². The Morgan fingerprint density at radius 1 is 1.35 bits per heavy atom. The van der Waals surface area contributed by atoms with Crippen molar-refractivity contribution in [2.24, 2.45) is 0 Å². The van der Waals surface area contributed by atoms with Crippen LogP contribution < -0.4 is 10.9 Å². The molecule has 1 aliphatic rings. The highest BCUT2D eigenvalue weighted by Crippen LogP contribution is 2.27. The molecule has 2 aromatic rings. The van der Waals surface area contributed by atoms with Crippen molar-refractivity contribution in [2.45, 2.75) is 19.4 Å². The van der Waals surface area contributed by atoms with Gasteiger partial charge in [-0.3, -0.25) is 4.79 Å². The molecule has 1 aliphatic heterocycles. The van der Waals surface area contributed by atoms with Crippen molar-refractivity contribution >= 4 is 16.6 Å². The Kier molecular flexibility index (Phi) is 2.37. The Morgan fingerprint density at radius 3 is 3.06 bits per heavy atom. The summed E-state index contributed by atoms with van der Waals surface area (Å²) >= 11 is 0. The van der Waals surface area contributed by atoms with Gasteiger partial charge in [0.05, 0.1) is 17.8 Å². The largest absolute Gasteiger partial charge is 0.392 e. The zero-order valence-corrected chi connectivity index (χ0v) is 9.42. The minimum Gasteiger partial charge on any atom is -0.392 e. The molecular weight excluding hydrogens is 216 g/mol. The first-order valence-corrected chi connectivity index (χ1v) is 5.82. The van der Waals surface area contributed by atoms with Crippen LogP contribution in [-0.4, -0.2) is 16.6 Å². The van der Waals surface area contributed by atoms with E-state index in [4.69, 9.17) is 5.11 Å². The van der Waals surface area contributed by atoms with Crippen LogP contribution >= 0.6 is 0 Å². The van der Waals surface area contributed by atoms with E-state index in [0.29, 0.717) is 0 Å². The quantitative estimate of drug-likeness (QED) is 0.693. The van der Waals surface area contributed by atoms with Crippen molar-refractivity contribution in [3.63, 3.8) is 0 Å². The molecule has 0 spiro atoms. The fourth-order valence-corrected chi connectivity index (χ4v) is 2.40. The van der Waals surface area contributed by atoms with Crippen molar-refractivity contribution in [3.8, 4) is 0 Å². The smallest absolute Gasteiger partial charge is 0.253 e. The molecular formula is C13H14N2O2. The summed E-state index contributed by atoms with van der Waals surface area (Å²) in [4.78, 5) is 14.8. The number of pyridine rings is 1. The summed E-state index contributed by atoms with van der Waals surface area (Å²) in [6.45, 7) is 0.899. The zero-order valence-electron chi connectivity index (χ0n) is 9.42. The first-order chi connectivity index (χ1) is 8.29. The topological polar surface area (TPSA) is 65.1 Å². The van der Waals surface area contributed by atoms with Crippen molar-refractivity contribution in [3.05, 3.63) is 39.7 Å². The van der Waals surface area contributed by atoms with Crippen molar-refractivity contribution in [1.82, 2.24) is 4.98 Å². The summed E-state index contributed by atoms with van der Waals surface area (Å²) in [6, 6.07) is 5.67. The van der Waals surface area contributed by atoms with Gasteiger partial charge in [-0.1, -0.05) is 12.1 Å². The van der Waals surface area contributed by atoms with Gasteiger partial charge in [-0.25, -0.2) is 0 Å². The lowest BCUT2D eigenvalue weighted by Crippen LogP contribution is -2.22. The minimum atomic E-state index is -0.0187. The number of H-pyrrole nitrogens is 1. The summed E-state index contributed by atoms with van der Waals surface area (Å²) in [6.07, 6.45) is 1.83. The number of fused-ring (bicyclic) bond motifs is 3. The van der Waals surface area contributed by atoms with E-state index in [9.17, 15) is 4.79 Å². The van der Waals surface area contributed by atoms with Crippen molar-refractivity contribution in [1.29, 1.82) is 0 Å². The Labute approximate surface area is 98.3 Å². The van der Waals surface area contributed by atoms with Crippen molar-refractivity contribution < 1.29 is 5.11 Å². The van der Waals surface area contributed by atoms with E-state index in [1.54, 1.807) is 0 Å². The number of aromatic nitrogens is 1. The maximum atomic E-state index is 11.9. The number of benzene rings is 1. The molecule has 4 heteroatoms. The molecule has 0 radical (unpaired) electrons. The first kappa shape index (κ1) is 10.4. The molecule has 0 saturated heterocycles. The highest BCUT2D eigenvalue weighted by atomic mass is 16.3. The molecule has 0 fully saturated rings. The predicted molar refractivity (Wildman–Crippen MR) is 67.3 cm³/mol. The number of aliphatic hydroxyl groups excluding tert-OH is 1. The highest BCUT2D eigenvalue weighted by Gasteiger charge is 2.15. The van der Waals surface area contributed by atoms with E-state index in [1.165, 1.54) is 0 Å². The zero-order chi connectivity index (χ0) is 11.8. The molecule has 2 heterocycles. The van der Waals surface area contributed by atoms with Gasteiger partial charge in [0.1, 0.15) is 0 Å². The number of aromatic amines is 1. The molecule has 0 aliphatic carbocycles. The van der Waals surface area contributed by atoms with Crippen molar-refractivity contribution in [2.75, 3.05) is 11.9 Å². The number of rotatable bonds is 1. The normalized spacial score (nSPS) is 14.4. The molecule has 88 valence electrons. The average molecular weight is 230 g/mol. The average Bonchev–Trinajstić information content (AvgIpc) is 2.38. The van der Waals surface area contributed by atoms with Crippen LogP contribution in [0.15, 0.2) is 23.0 Å². The number of aliphatic hydroxyl groups is 1. The first-order valence-electron chi connectivity index (χ1n) is 5.82. The summed E-state index contributed by atoms with van der Waals surface area (Å²) < 4.78 is 0. The fraction of sp³-hybridized carbons (Fsp3) is 0.308. The Balaban J connectivity index is 2.34. The van der Waals surface area contributed by atoms with Crippen LogP contribution in [0.25, 0.3) is 10.9 Å². The van der Waals surface area contributed by atoms with E-state index in [-0.39, 0.29) is 12.2 Å². The van der Waals surface area contributed by atoms with E-state index in [0.717, 1.165) is 47.1 Å². The Bertz CT molecular complexity index is 631. The molecule has 0 bridgehead atoms. The van der Waals surface area contributed by atoms with Gasteiger partial charge in [0.2, 0.25) is 0 Å². The molecule has 0 atom stereocenters. The second-order valence-electron chi connectivity index (χ2n) is 4.38. The van der Waals surface area contributed by atoms with Gasteiger partial charge >= 0.3 is 0 Å². The summed E-state index contributed by atoms with van der Waals surface area (Å²) in [5.74, 6) is 0. The van der Waals surface area contributed by atoms with Crippen LogP contribution in [-0.2, 0) is 13.0 Å². The van der Waals surface area contributed by atoms with E-state index in [2.05, 4.69) is 10.3 Å². The standard InChI is InChI=1S/C13H14N2O2/c16-7-8-3-4-9-11(6-8)15-13(17)10-2-1-5-14-12(9)10/h3-4,6,14,16H,1-2,5,7H2,(H,15,17). The molecule has 0 amide bonds. The highest BCUT2D eigenvalue weighted by molar-refractivity contribution is 5.93. The van der Waals surface area contributed by atoms with E-state index < -0.39 is 0 Å². The Hall–Kier alpha value is -1.81. The number of anilines is 1. The third-order valence-electron chi connectivity index (χ3n) is 3.27. The van der Waals surface area contributed by atoms with Crippen LogP contribution in [0.3, 0.4) is 0 Å². The monoisotopic (exact) mass is 230 g/mol. The molecule has 1 aromatic carbocycles. The molecule has 0 unspecified atom stereocenters. The summed E-state index contributed by atoms with van der Waals surface area (Å²) in [5.41, 5.74) is 3.38. The number of hydrogen-bond donors (Lipinski definition) is 3. The molecule has 3 rings (SSSR count). The molecule has 1 aromatic heterocycles. The van der Waals surface area contributed by atoms with Gasteiger partial charge in [-0.2, -0.15) is 0 Å². The second-order valence-corrected chi connectivity index (χ2v) is 4.38. The van der Waals surface area contributed by atoms with Crippen LogP contribution in [0, 0.1) is 0 Å². The number of hydrogen-bond acceptors (Lipinski definition) is 3. The lowest BCUT2D eigenvalue weighted by Gasteiger charge is -2.19. The van der Waals surface area contributed by atoms with Gasteiger partial charge in [0.15, 0.2) is 0 Å². The van der Waals surface area contributed by atoms with Gasteiger partial charge in [0, 0.05) is 17.5 Å². The van der Waals surface area contributed by atoms with Gasteiger partial charge in [-0.05, 0) is 24.5 Å². The molecule has 0 saturated carbocycles. The van der Waals surface area contributed by atoms with E-state index in [1.807, 2.05) is 18.2 Å². The van der Waals surface area contributed by atoms with Crippen LogP contribution in [0.5, 0.6) is 0 Å². The third-order valence-corrected chi connectivity index (χ3v) is 3.27. The number of nitrogens with one attached hydrogen (secondary N) is 2. The second kappa shape index (κ2) is 3.89. The van der Waals surface area contributed by atoms with Crippen LogP contribution in [0.1, 0.15) is 17.5 Å². The fourth-order valence-electron chi connectivity index (χ4n) is 2.40. The van der Waals surface area contributed by atoms with E-state index >= 15 is 0 Å².